The molecule has 1 aromatic heterocycles. The minimum absolute atomic E-state index is 0.0122. The molecule has 32 heavy (non-hydrogen) atoms. The number of sulfonamides is 1. The number of likely N-dealkylation sites (tertiary alicyclic amines) is 1. The number of anilines is 1. The Balaban J connectivity index is 1.60. The molecule has 1 aliphatic carbocycles. The van der Waals surface area contributed by atoms with Gasteiger partial charge >= 0.3 is 0 Å². The highest BCUT2D eigenvalue weighted by atomic mass is 32.2. The molecule has 1 saturated heterocycles. The molecule has 2 aliphatic rings. The fourth-order valence-electron chi connectivity index (χ4n) is 4.66. The van der Waals surface area contributed by atoms with Crippen molar-refractivity contribution < 1.29 is 17.2 Å². The Labute approximate surface area is 191 Å². The minimum Gasteiger partial charge on any atom is -0.295 e. The lowest BCUT2D eigenvalue weighted by Crippen LogP contribution is -2.50. The molecule has 2 aromatic rings. The summed E-state index contributed by atoms with van der Waals surface area (Å²) < 4.78 is 60.7. The summed E-state index contributed by atoms with van der Waals surface area (Å²) in [6.45, 7) is 5.35. The first-order chi connectivity index (χ1) is 15.2. The van der Waals surface area contributed by atoms with Crippen LogP contribution in [-0.2, 0) is 16.6 Å². The van der Waals surface area contributed by atoms with Crippen molar-refractivity contribution in [3.63, 3.8) is 0 Å². The van der Waals surface area contributed by atoms with Gasteiger partial charge in [-0.05, 0) is 37.3 Å². The van der Waals surface area contributed by atoms with Gasteiger partial charge in [0.25, 0.3) is 10.0 Å². The van der Waals surface area contributed by atoms with Gasteiger partial charge in [0, 0.05) is 41.6 Å². The van der Waals surface area contributed by atoms with E-state index in [4.69, 9.17) is 0 Å². The van der Waals surface area contributed by atoms with Crippen molar-refractivity contribution in [2.24, 2.45) is 11.3 Å². The molecular formula is C22H26F2N4O2S2. The van der Waals surface area contributed by atoms with E-state index in [1.165, 1.54) is 6.33 Å². The van der Waals surface area contributed by atoms with Crippen LogP contribution >= 0.6 is 11.5 Å². The van der Waals surface area contributed by atoms with E-state index in [1.54, 1.807) is 0 Å². The van der Waals surface area contributed by atoms with Crippen LogP contribution in [0.2, 0.25) is 0 Å². The Morgan fingerprint density at radius 1 is 1.25 bits per heavy atom. The first kappa shape index (κ1) is 23.0. The lowest BCUT2D eigenvalue weighted by Gasteiger charge is -2.47. The third kappa shape index (κ3) is 4.77. The molecule has 1 unspecified atom stereocenters. The first-order valence-corrected chi connectivity index (χ1v) is 12.8. The summed E-state index contributed by atoms with van der Waals surface area (Å²) in [4.78, 5) is 5.19. The monoisotopic (exact) mass is 480 g/mol. The van der Waals surface area contributed by atoms with Crippen molar-refractivity contribution in [2.75, 3.05) is 11.3 Å². The molecule has 172 valence electrons. The molecule has 1 N–H and O–H groups in total. The van der Waals surface area contributed by atoms with Crippen molar-refractivity contribution in [3.8, 4) is 0 Å². The molecule has 4 rings (SSSR count). The number of aromatic nitrogens is 2. The van der Waals surface area contributed by atoms with Gasteiger partial charge in [-0.3, -0.25) is 9.62 Å². The maximum absolute atomic E-state index is 15.0. The Hall–Kier alpha value is -2.17. The second kappa shape index (κ2) is 8.99. The zero-order chi connectivity index (χ0) is 22.9. The molecule has 2 heterocycles. The summed E-state index contributed by atoms with van der Waals surface area (Å²) >= 11 is 0.810. The number of halogens is 2. The lowest BCUT2D eigenvalue weighted by molar-refractivity contribution is 0.0403. The van der Waals surface area contributed by atoms with Gasteiger partial charge in [-0.1, -0.05) is 38.2 Å². The quantitative estimate of drug-likeness (QED) is 0.646. The van der Waals surface area contributed by atoms with E-state index in [0.29, 0.717) is 5.92 Å². The first-order valence-electron chi connectivity index (χ1n) is 10.5. The van der Waals surface area contributed by atoms with Crippen LogP contribution in [0.15, 0.2) is 47.7 Å². The predicted octanol–water partition coefficient (Wildman–Crippen LogP) is 4.74. The Morgan fingerprint density at radius 3 is 2.75 bits per heavy atom. The lowest BCUT2D eigenvalue weighted by atomic mass is 9.72. The van der Waals surface area contributed by atoms with E-state index < -0.39 is 26.6 Å². The molecule has 6 nitrogen and oxygen atoms in total. The van der Waals surface area contributed by atoms with Crippen LogP contribution in [0, 0.1) is 23.0 Å². The summed E-state index contributed by atoms with van der Waals surface area (Å²) in [6.07, 6.45) is 12.5. The van der Waals surface area contributed by atoms with Gasteiger partial charge < -0.3 is 0 Å². The Bertz CT molecular complexity index is 1140. The van der Waals surface area contributed by atoms with E-state index in [9.17, 15) is 12.8 Å². The number of piperidine rings is 1. The zero-order valence-corrected chi connectivity index (χ0v) is 19.6. The van der Waals surface area contributed by atoms with Crippen molar-refractivity contribution in [3.05, 3.63) is 60.0 Å². The van der Waals surface area contributed by atoms with Gasteiger partial charge in [0.15, 0.2) is 0 Å². The Kier molecular flexibility index (Phi) is 6.46. The predicted molar refractivity (Wildman–Crippen MR) is 121 cm³/mol. The molecule has 3 atom stereocenters. The SMILES string of the molecule is C[C@@H]1CC[C@H](C2(C)C=CC=CC2)N(Cc2cc(F)c(S(=O)(=O)Nc3ncns3)cc2F)C1. The van der Waals surface area contributed by atoms with E-state index in [2.05, 4.69) is 45.0 Å². The molecule has 10 heteroatoms. The summed E-state index contributed by atoms with van der Waals surface area (Å²) in [5.74, 6) is -1.29. The van der Waals surface area contributed by atoms with Gasteiger partial charge in [-0.25, -0.2) is 22.2 Å². The maximum atomic E-state index is 15.0. The van der Waals surface area contributed by atoms with Crippen LogP contribution in [0.1, 0.15) is 38.7 Å². The number of hydrogen-bond donors (Lipinski definition) is 1. The van der Waals surface area contributed by atoms with E-state index >= 15 is 4.39 Å². The normalized spacial score (nSPS) is 26.4. The molecule has 1 aliphatic heterocycles. The van der Waals surface area contributed by atoms with Gasteiger partial charge in [-0.15, -0.1) is 0 Å². The summed E-state index contributed by atoms with van der Waals surface area (Å²) in [6, 6.07) is 1.94. The topological polar surface area (TPSA) is 75.2 Å². The molecule has 0 amide bonds. The van der Waals surface area contributed by atoms with Crippen LogP contribution < -0.4 is 4.72 Å². The van der Waals surface area contributed by atoms with Crippen molar-refractivity contribution in [1.82, 2.24) is 14.3 Å². The van der Waals surface area contributed by atoms with E-state index in [1.807, 2.05) is 12.2 Å². The van der Waals surface area contributed by atoms with Crippen LogP contribution in [0.25, 0.3) is 0 Å². The number of benzene rings is 1. The zero-order valence-electron chi connectivity index (χ0n) is 18.0. The maximum Gasteiger partial charge on any atom is 0.266 e. The summed E-state index contributed by atoms with van der Waals surface area (Å²) in [5, 5.41) is -0.0122. The minimum atomic E-state index is -4.32. The fraction of sp³-hybridized carbons (Fsp3) is 0.455. The molecule has 0 saturated carbocycles. The van der Waals surface area contributed by atoms with Gasteiger partial charge in [-0.2, -0.15) is 4.37 Å². The van der Waals surface area contributed by atoms with E-state index in [-0.39, 0.29) is 28.7 Å². The second-order valence-corrected chi connectivity index (χ2v) is 11.3. The van der Waals surface area contributed by atoms with Crippen LogP contribution in [0.5, 0.6) is 0 Å². The molecule has 1 aromatic carbocycles. The Morgan fingerprint density at radius 2 is 2.06 bits per heavy atom. The van der Waals surface area contributed by atoms with Crippen molar-refractivity contribution in [2.45, 2.75) is 50.6 Å². The number of hydrogen-bond acceptors (Lipinski definition) is 6. The van der Waals surface area contributed by atoms with Gasteiger partial charge in [0.1, 0.15) is 22.9 Å². The van der Waals surface area contributed by atoms with Crippen molar-refractivity contribution >= 4 is 26.7 Å². The average Bonchev–Trinajstić information content (AvgIpc) is 3.23. The van der Waals surface area contributed by atoms with Crippen LogP contribution in [0.4, 0.5) is 13.9 Å². The van der Waals surface area contributed by atoms with Crippen molar-refractivity contribution in [1.29, 1.82) is 0 Å². The smallest absolute Gasteiger partial charge is 0.266 e. The average molecular weight is 481 g/mol. The number of rotatable bonds is 6. The second-order valence-electron chi connectivity index (χ2n) is 8.85. The third-order valence-electron chi connectivity index (χ3n) is 6.31. The largest absolute Gasteiger partial charge is 0.295 e. The summed E-state index contributed by atoms with van der Waals surface area (Å²) in [7, 11) is -4.32. The molecule has 1 fully saturated rings. The standard InChI is InChI=1S/C22H26F2N4O2S2/c1-15-6-7-20(22(2)8-4-3-5-9-22)28(12-15)13-16-10-18(24)19(11-17(16)23)32(29,30)27-21-25-14-26-31-21/h3-5,8,10-11,14-15,20H,6-7,9,12-13H2,1-2H3,(H,25,26,27)/t15-,20-,22?/m1/s1. The van der Waals surface area contributed by atoms with Gasteiger partial charge in [0.2, 0.25) is 5.13 Å². The molecular weight excluding hydrogens is 454 g/mol. The van der Waals surface area contributed by atoms with Crippen LogP contribution in [-0.4, -0.2) is 35.3 Å². The molecule has 0 radical (unpaired) electrons. The molecule has 0 spiro atoms. The highest BCUT2D eigenvalue weighted by Crippen LogP contribution is 2.40. The fourth-order valence-corrected chi connectivity index (χ4v) is 6.39. The number of allylic oxidation sites excluding steroid dienone is 3. The number of nitrogens with one attached hydrogen (secondary N) is 1. The highest BCUT2D eigenvalue weighted by Gasteiger charge is 2.39. The highest BCUT2D eigenvalue weighted by molar-refractivity contribution is 7.93. The molecule has 0 bridgehead atoms. The third-order valence-corrected chi connectivity index (χ3v) is 8.37. The van der Waals surface area contributed by atoms with E-state index in [0.717, 1.165) is 49.5 Å². The van der Waals surface area contributed by atoms with Crippen LogP contribution in [0.3, 0.4) is 0 Å². The number of nitrogens with zero attached hydrogens (tertiary/aromatic N) is 3. The van der Waals surface area contributed by atoms with Gasteiger partial charge in [0.05, 0.1) is 0 Å². The summed E-state index contributed by atoms with van der Waals surface area (Å²) in [5.41, 5.74) is 0.0640.